The molecule has 2 aromatic rings. The summed E-state index contributed by atoms with van der Waals surface area (Å²) in [6.45, 7) is 7.05. The second-order valence-corrected chi connectivity index (χ2v) is 8.25. The van der Waals surface area contributed by atoms with Gasteiger partial charge in [-0.05, 0) is 37.1 Å². The predicted molar refractivity (Wildman–Crippen MR) is 110 cm³/mol. The zero-order valence-corrected chi connectivity index (χ0v) is 16.8. The zero-order chi connectivity index (χ0) is 20.1. The third-order valence-corrected chi connectivity index (χ3v) is 4.88. The number of nitrogens with one attached hydrogen (secondary N) is 1. The molecule has 0 atom stereocenters. The fourth-order valence-electron chi connectivity index (χ4n) is 3.33. The first kappa shape index (κ1) is 19.9. The molecule has 1 aliphatic rings. The molecule has 5 heteroatoms. The number of benzene rings is 2. The Kier molecular flexibility index (Phi) is 6.02. The Bertz CT molecular complexity index is 819. The Labute approximate surface area is 166 Å². The number of nitrogens with zero attached hydrogens (tertiary/aromatic N) is 1. The molecule has 3 rings (SSSR count). The van der Waals surface area contributed by atoms with E-state index >= 15 is 0 Å². The summed E-state index contributed by atoms with van der Waals surface area (Å²) in [7, 11) is 0. The van der Waals surface area contributed by atoms with E-state index in [9.17, 15) is 9.59 Å². The highest BCUT2D eigenvalue weighted by atomic mass is 16.5. The van der Waals surface area contributed by atoms with Crippen molar-refractivity contribution in [2.75, 3.05) is 18.4 Å². The Balaban J connectivity index is 1.55. The number of piperidine rings is 1. The number of anilines is 1. The van der Waals surface area contributed by atoms with E-state index in [1.165, 1.54) is 0 Å². The summed E-state index contributed by atoms with van der Waals surface area (Å²) in [6.07, 6.45) is 1.38. The Morgan fingerprint density at radius 2 is 1.61 bits per heavy atom. The Morgan fingerprint density at radius 3 is 2.25 bits per heavy atom. The second kappa shape index (κ2) is 8.46. The molecule has 148 valence electrons. The Morgan fingerprint density at radius 1 is 0.964 bits per heavy atom. The van der Waals surface area contributed by atoms with Crippen molar-refractivity contribution in [1.82, 2.24) is 4.90 Å². The van der Waals surface area contributed by atoms with Gasteiger partial charge in [-0.25, -0.2) is 0 Å². The van der Waals surface area contributed by atoms with Gasteiger partial charge in [-0.2, -0.15) is 0 Å². The zero-order valence-electron chi connectivity index (χ0n) is 16.8. The van der Waals surface area contributed by atoms with E-state index < -0.39 is 0 Å². The average molecular weight is 380 g/mol. The first-order valence-electron chi connectivity index (χ1n) is 9.76. The molecular formula is C23H28N2O3. The van der Waals surface area contributed by atoms with E-state index in [1.807, 2.05) is 80.3 Å². The number of para-hydroxylation sites is 1. The van der Waals surface area contributed by atoms with Crippen LogP contribution in [0.2, 0.25) is 0 Å². The van der Waals surface area contributed by atoms with Gasteiger partial charge in [0, 0.05) is 36.2 Å². The van der Waals surface area contributed by atoms with Crippen LogP contribution in [-0.2, 0) is 9.59 Å². The lowest BCUT2D eigenvalue weighted by Gasteiger charge is -2.35. The van der Waals surface area contributed by atoms with Gasteiger partial charge in [-0.15, -0.1) is 0 Å². The molecule has 0 saturated carbocycles. The number of hydrogen-bond donors (Lipinski definition) is 1. The third-order valence-electron chi connectivity index (χ3n) is 4.88. The molecule has 28 heavy (non-hydrogen) atoms. The standard InChI is InChI=1S/C23H28N2O3/c1-23(2,3)22(27)25-14-12-17(13-15-25)21(26)24-18-8-7-11-20(16-18)28-19-9-5-4-6-10-19/h4-11,16-17H,12-15H2,1-3H3,(H,24,26). The van der Waals surface area contributed by atoms with Crippen LogP contribution in [0.1, 0.15) is 33.6 Å². The van der Waals surface area contributed by atoms with Crippen molar-refractivity contribution >= 4 is 17.5 Å². The monoisotopic (exact) mass is 380 g/mol. The van der Waals surface area contributed by atoms with E-state index in [0.717, 1.165) is 5.75 Å². The van der Waals surface area contributed by atoms with Gasteiger partial charge in [0.05, 0.1) is 0 Å². The van der Waals surface area contributed by atoms with Crippen molar-refractivity contribution < 1.29 is 14.3 Å². The highest BCUT2D eigenvalue weighted by Gasteiger charge is 2.32. The summed E-state index contributed by atoms with van der Waals surface area (Å²) in [4.78, 5) is 26.9. The van der Waals surface area contributed by atoms with Crippen LogP contribution in [-0.4, -0.2) is 29.8 Å². The quantitative estimate of drug-likeness (QED) is 0.836. The van der Waals surface area contributed by atoms with Crippen LogP contribution in [0.4, 0.5) is 5.69 Å². The largest absolute Gasteiger partial charge is 0.457 e. The van der Waals surface area contributed by atoms with E-state index in [1.54, 1.807) is 0 Å². The maximum atomic E-state index is 12.7. The van der Waals surface area contributed by atoms with Gasteiger partial charge in [0.2, 0.25) is 11.8 Å². The highest BCUT2D eigenvalue weighted by molar-refractivity contribution is 5.93. The molecule has 1 N–H and O–H groups in total. The molecule has 0 aromatic heterocycles. The van der Waals surface area contributed by atoms with Gasteiger partial charge in [0.25, 0.3) is 0 Å². The molecule has 1 saturated heterocycles. The number of rotatable bonds is 4. The van der Waals surface area contributed by atoms with Crippen molar-refractivity contribution in [3.63, 3.8) is 0 Å². The highest BCUT2D eigenvalue weighted by Crippen LogP contribution is 2.26. The normalized spacial score (nSPS) is 15.2. The van der Waals surface area contributed by atoms with Crippen molar-refractivity contribution in [1.29, 1.82) is 0 Å². The van der Waals surface area contributed by atoms with Gasteiger partial charge in [0.15, 0.2) is 0 Å². The number of carbonyl (C=O) groups excluding carboxylic acids is 2. The minimum Gasteiger partial charge on any atom is -0.457 e. The fraction of sp³-hybridized carbons (Fsp3) is 0.391. The number of hydrogen-bond acceptors (Lipinski definition) is 3. The van der Waals surface area contributed by atoms with Gasteiger partial charge in [-0.3, -0.25) is 9.59 Å². The minimum absolute atomic E-state index is 0.000260. The molecule has 2 aromatic carbocycles. The number of carbonyl (C=O) groups is 2. The maximum absolute atomic E-state index is 12.7. The molecule has 5 nitrogen and oxygen atoms in total. The summed E-state index contributed by atoms with van der Waals surface area (Å²) < 4.78 is 5.82. The molecule has 0 aliphatic carbocycles. The van der Waals surface area contributed by atoms with Gasteiger partial charge in [0.1, 0.15) is 11.5 Å². The number of likely N-dealkylation sites (tertiary alicyclic amines) is 1. The lowest BCUT2D eigenvalue weighted by atomic mass is 9.90. The fourth-order valence-corrected chi connectivity index (χ4v) is 3.33. The van der Waals surface area contributed by atoms with Crippen molar-refractivity contribution in [3.05, 3.63) is 54.6 Å². The predicted octanol–water partition coefficient (Wildman–Crippen LogP) is 4.70. The molecule has 0 spiro atoms. The lowest BCUT2D eigenvalue weighted by molar-refractivity contribution is -0.142. The van der Waals surface area contributed by atoms with Crippen LogP contribution in [0.15, 0.2) is 54.6 Å². The topological polar surface area (TPSA) is 58.6 Å². The van der Waals surface area contributed by atoms with E-state index in [0.29, 0.717) is 37.4 Å². The van der Waals surface area contributed by atoms with Crippen molar-refractivity contribution in [2.24, 2.45) is 11.3 Å². The smallest absolute Gasteiger partial charge is 0.227 e. The summed E-state index contributed by atoms with van der Waals surface area (Å²) in [5, 5.41) is 2.99. The van der Waals surface area contributed by atoms with Crippen LogP contribution in [0, 0.1) is 11.3 Å². The van der Waals surface area contributed by atoms with Crippen LogP contribution in [0.5, 0.6) is 11.5 Å². The molecule has 2 amide bonds. The van der Waals surface area contributed by atoms with Gasteiger partial charge in [-0.1, -0.05) is 45.0 Å². The molecule has 0 radical (unpaired) electrons. The molecule has 1 heterocycles. The molecule has 1 aliphatic heterocycles. The van der Waals surface area contributed by atoms with Crippen LogP contribution >= 0.6 is 0 Å². The first-order valence-corrected chi connectivity index (χ1v) is 9.76. The molecule has 0 unspecified atom stereocenters. The van der Waals surface area contributed by atoms with E-state index in [4.69, 9.17) is 4.74 Å². The first-order chi connectivity index (χ1) is 13.3. The maximum Gasteiger partial charge on any atom is 0.227 e. The van der Waals surface area contributed by atoms with E-state index in [2.05, 4.69) is 5.32 Å². The van der Waals surface area contributed by atoms with Gasteiger partial charge >= 0.3 is 0 Å². The van der Waals surface area contributed by atoms with E-state index in [-0.39, 0.29) is 23.1 Å². The summed E-state index contributed by atoms with van der Waals surface area (Å²) in [6, 6.07) is 16.9. The summed E-state index contributed by atoms with van der Waals surface area (Å²) >= 11 is 0. The van der Waals surface area contributed by atoms with Crippen molar-refractivity contribution in [3.8, 4) is 11.5 Å². The second-order valence-electron chi connectivity index (χ2n) is 8.25. The molecule has 0 bridgehead atoms. The third kappa shape index (κ3) is 5.12. The molecule has 1 fully saturated rings. The van der Waals surface area contributed by atoms with Crippen LogP contribution < -0.4 is 10.1 Å². The molecular weight excluding hydrogens is 352 g/mol. The number of ether oxygens (including phenoxy) is 1. The Hall–Kier alpha value is -2.82. The average Bonchev–Trinajstić information content (AvgIpc) is 2.68. The minimum atomic E-state index is -0.381. The summed E-state index contributed by atoms with van der Waals surface area (Å²) in [5.41, 5.74) is 0.334. The number of amides is 2. The van der Waals surface area contributed by atoms with Crippen LogP contribution in [0.3, 0.4) is 0 Å². The van der Waals surface area contributed by atoms with Crippen molar-refractivity contribution in [2.45, 2.75) is 33.6 Å². The van der Waals surface area contributed by atoms with Crippen LogP contribution in [0.25, 0.3) is 0 Å². The van der Waals surface area contributed by atoms with Gasteiger partial charge < -0.3 is 15.0 Å². The summed E-state index contributed by atoms with van der Waals surface area (Å²) in [5.74, 6) is 1.50. The SMILES string of the molecule is CC(C)(C)C(=O)N1CCC(C(=O)Nc2cccc(Oc3ccccc3)c2)CC1. The lowest BCUT2D eigenvalue weighted by Crippen LogP contribution is -2.45.